The van der Waals surface area contributed by atoms with Crippen LogP contribution < -0.4 is 5.32 Å². The van der Waals surface area contributed by atoms with Crippen molar-refractivity contribution in [3.63, 3.8) is 0 Å². The van der Waals surface area contributed by atoms with Crippen molar-refractivity contribution in [2.24, 2.45) is 5.41 Å². The molecule has 0 aromatic heterocycles. The number of hydrogen-bond acceptors (Lipinski definition) is 2. The van der Waals surface area contributed by atoms with E-state index in [1.807, 2.05) is 0 Å². The van der Waals surface area contributed by atoms with Gasteiger partial charge in [-0.25, -0.2) is 0 Å². The van der Waals surface area contributed by atoms with Crippen molar-refractivity contribution in [2.45, 2.75) is 33.6 Å². The van der Waals surface area contributed by atoms with Crippen LogP contribution in [0.4, 0.5) is 0 Å². The van der Waals surface area contributed by atoms with Gasteiger partial charge < -0.3 is 10.4 Å². The molecule has 0 fully saturated rings. The van der Waals surface area contributed by atoms with Crippen molar-refractivity contribution in [1.29, 1.82) is 0 Å². The fraction of sp³-hybridized carbons (Fsp3) is 0.533. The second-order valence-electron chi connectivity index (χ2n) is 5.42. The van der Waals surface area contributed by atoms with Crippen LogP contribution in [0.25, 0.3) is 0 Å². The SMILES string of the molecule is Cc1ccc(CCNCCC(C)(C)C(=O)O)cc1. The lowest BCUT2D eigenvalue weighted by molar-refractivity contribution is -0.147. The van der Waals surface area contributed by atoms with Gasteiger partial charge in [-0.3, -0.25) is 4.79 Å². The van der Waals surface area contributed by atoms with Crippen LogP contribution in [0, 0.1) is 12.3 Å². The summed E-state index contributed by atoms with van der Waals surface area (Å²) >= 11 is 0. The third kappa shape index (κ3) is 4.88. The van der Waals surface area contributed by atoms with Crippen LogP contribution in [-0.2, 0) is 11.2 Å². The first-order chi connectivity index (χ1) is 8.42. The fourth-order valence-electron chi connectivity index (χ4n) is 1.62. The van der Waals surface area contributed by atoms with Gasteiger partial charge in [-0.2, -0.15) is 0 Å². The Balaban J connectivity index is 2.20. The van der Waals surface area contributed by atoms with Crippen molar-refractivity contribution < 1.29 is 9.90 Å². The summed E-state index contributed by atoms with van der Waals surface area (Å²) in [6, 6.07) is 8.50. The molecule has 18 heavy (non-hydrogen) atoms. The lowest BCUT2D eigenvalue weighted by Gasteiger charge is -2.18. The minimum absolute atomic E-state index is 0.642. The molecule has 0 amide bonds. The van der Waals surface area contributed by atoms with E-state index in [1.165, 1.54) is 11.1 Å². The Bertz CT molecular complexity index is 382. The van der Waals surface area contributed by atoms with Gasteiger partial charge in [0, 0.05) is 0 Å². The third-order valence-corrected chi connectivity index (χ3v) is 3.22. The molecular formula is C15H23NO2. The highest BCUT2D eigenvalue weighted by Crippen LogP contribution is 2.19. The quantitative estimate of drug-likeness (QED) is 0.730. The van der Waals surface area contributed by atoms with Gasteiger partial charge in [0.25, 0.3) is 0 Å². The van der Waals surface area contributed by atoms with Gasteiger partial charge in [0.2, 0.25) is 0 Å². The normalized spacial score (nSPS) is 11.5. The molecule has 1 aromatic carbocycles. The largest absolute Gasteiger partial charge is 0.481 e. The molecule has 0 aliphatic heterocycles. The number of aryl methyl sites for hydroxylation is 1. The van der Waals surface area contributed by atoms with E-state index in [-0.39, 0.29) is 0 Å². The second kappa shape index (κ2) is 6.55. The Labute approximate surface area is 109 Å². The molecule has 0 radical (unpaired) electrons. The summed E-state index contributed by atoms with van der Waals surface area (Å²) < 4.78 is 0. The lowest BCUT2D eigenvalue weighted by atomic mass is 9.90. The van der Waals surface area contributed by atoms with Crippen LogP contribution in [0.5, 0.6) is 0 Å². The summed E-state index contributed by atoms with van der Waals surface area (Å²) in [5.74, 6) is -0.733. The molecule has 0 spiro atoms. The number of nitrogens with one attached hydrogen (secondary N) is 1. The highest BCUT2D eigenvalue weighted by molar-refractivity contribution is 5.73. The summed E-state index contributed by atoms with van der Waals surface area (Å²) in [4.78, 5) is 10.9. The summed E-state index contributed by atoms with van der Waals surface area (Å²) in [6.45, 7) is 7.23. The zero-order chi connectivity index (χ0) is 13.6. The van der Waals surface area contributed by atoms with Gasteiger partial charge in [-0.1, -0.05) is 29.8 Å². The smallest absolute Gasteiger partial charge is 0.309 e. The van der Waals surface area contributed by atoms with Crippen LogP contribution >= 0.6 is 0 Å². The van der Waals surface area contributed by atoms with Crippen molar-refractivity contribution in [2.75, 3.05) is 13.1 Å². The van der Waals surface area contributed by atoms with Gasteiger partial charge in [-0.05, 0) is 52.3 Å². The number of rotatable bonds is 7. The topological polar surface area (TPSA) is 49.3 Å². The molecule has 0 heterocycles. The molecule has 0 aliphatic rings. The van der Waals surface area contributed by atoms with Crippen LogP contribution in [0.3, 0.4) is 0 Å². The van der Waals surface area contributed by atoms with E-state index >= 15 is 0 Å². The van der Waals surface area contributed by atoms with Gasteiger partial charge >= 0.3 is 5.97 Å². The van der Waals surface area contributed by atoms with E-state index in [0.717, 1.165) is 19.5 Å². The van der Waals surface area contributed by atoms with Crippen molar-refractivity contribution in [3.05, 3.63) is 35.4 Å². The fourth-order valence-corrected chi connectivity index (χ4v) is 1.62. The third-order valence-electron chi connectivity index (χ3n) is 3.22. The van der Waals surface area contributed by atoms with Crippen molar-refractivity contribution >= 4 is 5.97 Å². The van der Waals surface area contributed by atoms with Gasteiger partial charge in [-0.15, -0.1) is 0 Å². The standard InChI is InChI=1S/C15H23NO2/c1-12-4-6-13(7-5-12)8-10-16-11-9-15(2,3)14(17)18/h4-7,16H,8-11H2,1-3H3,(H,17,18). The molecular weight excluding hydrogens is 226 g/mol. The number of carbonyl (C=O) groups is 1. The minimum Gasteiger partial charge on any atom is -0.481 e. The average Bonchev–Trinajstić information content (AvgIpc) is 2.31. The van der Waals surface area contributed by atoms with Gasteiger partial charge in [0.05, 0.1) is 5.41 Å². The van der Waals surface area contributed by atoms with Gasteiger partial charge in [0.1, 0.15) is 0 Å². The Morgan fingerprint density at radius 3 is 2.39 bits per heavy atom. The van der Waals surface area contributed by atoms with Crippen molar-refractivity contribution in [3.8, 4) is 0 Å². The maximum atomic E-state index is 10.9. The highest BCUT2D eigenvalue weighted by atomic mass is 16.4. The highest BCUT2D eigenvalue weighted by Gasteiger charge is 2.25. The Hall–Kier alpha value is -1.35. The minimum atomic E-state index is -0.733. The first kappa shape index (κ1) is 14.7. The molecule has 0 bridgehead atoms. The summed E-state index contributed by atoms with van der Waals surface area (Å²) in [7, 11) is 0. The predicted octanol–water partition coefficient (Wildman–Crippen LogP) is 2.63. The number of carboxylic acids is 1. The number of benzene rings is 1. The Kier molecular flexibility index (Phi) is 5.35. The zero-order valence-electron chi connectivity index (χ0n) is 11.5. The maximum Gasteiger partial charge on any atom is 0.309 e. The first-order valence-electron chi connectivity index (χ1n) is 6.41. The molecule has 0 unspecified atom stereocenters. The first-order valence-corrected chi connectivity index (χ1v) is 6.41. The monoisotopic (exact) mass is 249 g/mol. The molecule has 1 aromatic rings. The summed E-state index contributed by atoms with van der Waals surface area (Å²) in [5.41, 5.74) is 1.94. The van der Waals surface area contributed by atoms with E-state index < -0.39 is 11.4 Å². The molecule has 0 saturated heterocycles. The van der Waals surface area contributed by atoms with E-state index in [2.05, 4.69) is 36.5 Å². The predicted molar refractivity (Wildman–Crippen MR) is 73.8 cm³/mol. The zero-order valence-corrected chi connectivity index (χ0v) is 11.5. The molecule has 1 rings (SSSR count). The van der Waals surface area contributed by atoms with E-state index in [9.17, 15) is 4.79 Å². The molecule has 3 nitrogen and oxygen atoms in total. The van der Waals surface area contributed by atoms with Crippen LogP contribution in [0.15, 0.2) is 24.3 Å². The maximum absolute atomic E-state index is 10.9. The van der Waals surface area contributed by atoms with Crippen LogP contribution in [-0.4, -0.2) is 24.2 Å². The van der Waals surface area contributed by atoms with Crippen molar-refractivity contribution in [1.82, 2.24) is 5.32 Å². The van der Waals surface area contributed by atoms with Crippen LogP contribution in [0.2, 0.25) is 0 Å². The lowest BCUT2D eigenvalue weighted by Crippen LogP contribution is -2.29. The number of carboxylic acid groups (broad SMARTS) is 1. The molecule has 3 heteroatoms. The van der Waals surface area contributed by atoms with Gasteiger partial charge in [0.15, 0.2) is 0 Å². The molecule has 0 saturated carbocycles. The van der Waals surface area contributed by atoms with E-state index in [1.54, 1.807) is 13.8 Å². The van der Waals surface area contributed by atoms with E-state index in [0.29, 0.717) is 6.42 Å². The average molecular weight is 249 g/mol. The summed E-state index contributed by atoms with van der Waals surface area (Å²) in [5, 5.41) is 12.3. The molecule has 100 valence electrons. The Morgan fingerprint density at radius 1 is 1.22 bits per heavy atom. The summed E-state index contributed by atoms with van der Waals surface area (Å²) in [6.07, 6.45) is 1.63. The number of aliphatic carboxylic acids is 1. The molecule has 0 aliphatic carbocycles. The van der Waals surface area contributed by atoms with E-state index in [4.69, 9.17) is 5.11 Å². The molecule has 0 atom stereocenters. The van der Waals surface area contributed by atoms with Crippen LogP contribution in [0.1, 0.15) is 31.4 Å². The Morgan fingerprint density at radius 2 is 1.83 bits per heavy atom. The number of hydrogen-bond donors (Lipinski definition) is 2. The molecule has 2 N–H and O–H groups in total. The second-order valence-corrected chi connectivity index (χ2v) is 5.42.